The molecule has 0 aromatic carbocycles. The van der Waals surface area contributed by atoms with Gasteiger partial charge in [0.05, 0.1) is 6.42 Å². The Morgan fingerprint density at radius 2 is 2.08 bits per heavy atom. The second-order valence-electron chi connectivity index (χ2n) is 3.18. The summed E-state index contributed by atoms with van der Waals surface area (Å²) in [6.45, 7) is 0. The van der Waals surface area contributed by atoms with E-state index in [4.69, 9.17) is 5.90 Å². The van der Waals surface area contributed by atoms with E-state index in [0.29, 0.717) is 31.0 Å². The van der Waals surface area contributed by atoms with Crippen molar-refractivity contribution < 1.29 is 14.4 Å². The molecule has 1 saturated carbocycles. The number of hydrogen-bond acceptors (Lipinski definition) is 4. The van der Waals surface area contributed by atoms with E-state index in [2.05, 4.69) is 4.84 Å². The molecule has 68 valence electrons. The average Bonchev–Trinajstić information content (AvgIpc) is 2.09. The smallest absolute Gasteiger partial charge is 0.324 e. The van der Waals surface area contributed by atoms with Crippen LogP contribution in [0.1, 0.15) is 32.1 Å². The summed E-state index contributed by atoms with van der Waals surface area (Å²) in [5.41, 5.74) is 0. The van der Waals surface area contributed by atoms with Crippen molar-refractivity contribution in [2.24, 2.45) is 11.8 Å². The first kappa shape index (κ1) is 9.19. The summed E-state index contributed by atoms with van der Waals surface area (Å²) < 4.78 is 0. The zero-order valence-electron chi connectivity index (χ0n) is 6.91. The summed E-state index contributed by atoms with van der Waals surface area (Å²) in [6.07, 6.45) is 3.15. The molecule has 12 heavy (non-hydrogen) atoms. The molecule has 1 fully saturated rings. The minimum absolute atomic E-state index is 0.291. The van der Waals surface area contributed by atoms with Gasteiger partial charge >= 0.3 is 5.97 Å². The Morgan fingerprint density at radius 1 is 1.50 bits per heavy atom. The summed E-state index contributed by atoms with van der Waals surface area (Å²) in [5, 5.41) is 0. The number of Topliss-reactive ketones (excluding diaryl/α,β-unsaturated/α-hetero) is 1. The van der Waals surface area contributed by atoms with Gasteiger partial charge in [0.25, 0.3) is 0 Å². The standard InChI is InChI=1S/C8H13NO3/c9-12-8(11)5-6-1-3-7(10)4-2-6/h6H,1-5,9H2. The Morgan fingerprint density at radius 3 is 2.58 bits per heavy atom. The van der Waals surface area contributed by atoms with Crippen LogP contribution in [-0.4, -0.2) is 11.8 Å². The lowest BCUT2D eigenvalue weighted by Gasteiger charge is -2.18. The fourth-order valence-corrected chi connectivity index (χ4v) is 1.49. The number of hydrogen-bond donors (Lipinski definition) is 1. The zero-order chi connectivity index (χ0) is 8.97. The van der Waals surface area contributed by atoms with Crippen LogP contribution in [0.15, 0.2) is 0 Å². The highest BCUT2D eigenvalue weighted by atomic mass is 16.7. The van der Waals surface area contributed by atoms with Crippen molar-refractivity contribution in [3.05, 3.63) is 0 Å². The Balaban J connectivity index is 2.26. The number of ketones is 1. The maximum Gasteiger partial charge on any atom is 0.324 e. The van der Waals surface area contributed by atoms with Gasteiger partial charge in [-0.3, -0.25) is 9.59 Å². The van der Waals surface area contributed by atoms with E-state index in [1.807, 2.05) is 0 Å². The van der Waals surface area contributed by atoms with Crippen LogP contribution in [0.3, 0.4) is 0 Å². The summed E-state index contributed by atoms with van der Waals surface area (Å²) in [4.78, 5) is 25.6. The highest BCUT2D eigenvalue weighted by molar-refractivity contribution is 5.79. The fraction of sp³-hybridized carbons (Fsp3) is 0.750. The SMILES string of the molecule is NOC(=O)CC1CCC(=O)CC1. The van der Waals surface area contributed by atoms with Crippen molar-refractivity contribution in [1.82, 2.24) is 0 Å². The molecule has 0 spiro atoms. The normalized spacial score (nSPS) is 19.2. The molecule has 0 unspecified atom stereocenters. The fourth-order valence-electron chi connectivity index (χ4n) is 1.49. The van der Waals surface area contributed by atoms with Crippen LogP contribution < -0.4 is 5.90 Å². The maximum absolute atomic E-state index is 10.8. The van der Waals surface area contributed by atoms with Crippen molar-refractivity contribution in [1.29, 1.82) is 0 Å². The quantitative estimate of drug-likeness (QED) is 0.616. The molecule has 0 radical (unpaired) electrons. The largest absolute Gasteiger partial charge is 0.373 e. The topological polar surface area (TPSA) is 69.4 Å². The minimum Gasteiger partial charge on any atom is -0.373 e. The summed E-state index contributed by atoms with van der Waals surface area (Å²) in [6, 6.07) is 0. The van der Waals surface area contributed by atoms with Crippen LogP contribution >= 0.6 is 0 Å². The van der Waals surface area contributed by atoms with Gasteiger partial charge < -0.3 is 4.84 Å². The van der Waals surface area contributed by atoms with Crippen molar-refractivity contribution in [3.63, 3.8) is 0 Å². The molecule has 0 atom stereocenters. The first-order chi connectivity index (χ1) is 5.72. The van der Waals surface area contributed by atoms with E-state index in [0.717, 1.165) is 12.8 Å². The van der Waals surface area contributed by atoms with Gasteiger partial charge in [-0.1, -0.05) is 0 Å². The van der Waals surface area contributed by atoms with Gasteiger partial charge in [-0.05, 0) is 18.8 Å². The van der Waals surface area contributed by atoms with Gasteiger partial charge in [0.15, 0.2) is 0 Å². The highest BCUT2D eigenvalue weighted by Crippen LogP contribution is 2.24. The Kier molecular flexibility index (Phi) is 3.22. The lowest BCUT2D eigenvalue weighted by molar-refractivity contribution is -0.146. The van der Waals surface area contributed by atoms with Gasteiger partial charge in [0.1, 0.15) is 5.78 Å². The third-order valence-electron chi connectivity index (χ3n) is 2.25. The molecule has 0 aromatic rings. The van der Waals surface area contributed by atoms with Crippen molar-refractivity contribution in [3.8, 4) is 0 Å². The molecule has 0 saturated heterocycles. The molecule has 0 amide bonds. The number of rotatable bonds is 2. The molecule has 1 aliphatic carbocycles. The molecule has 2 N–H and O–H groups in total. The van der Waals surface area contributed by atoms with E-state index in [-0.39, 0.29) is 5.97 Å². The summed E-state index contributed by atoms with van der Waals surface area (Å²) in [7, 11) is 0. The molecule has 4 nitrogen and oxygen atoms in total. The lowest BCUT2D eigenvalue weighted by atomic mass is 9.86. The first-order valence-corrected chi connectivity index (χ1v) is 4.13. The van der Waals surface area contributed by atoms with Gasteiger partial charge in [-0.25, -0.2) is 0 Å². The lowest BCUT2D eigenvalue weighted by Crippen LogP contribution is -2.19. The van der Waals surface area contributed by atoms with Crippen molar-refractivity contribution in [2.45, 2.75) is 32.1 Å². The Bertz CT molecular complexity index is 181. The van der Waals surface area contributed by atoms with Gasteiger partial charge in [0.2, 0.25) is 0 Å². The minimum atomic E-state index is -0.380. The molecular weight excluding hydrogens is 158 g/mol. The second-order valence-corrected chi connectivity index (χ2v) is 3.18. The molecule has 0 aliphatic heterocycles. The van der Waals surface area contributed by atoms with Crippen LogP contribution in [0, 0.1) is 5.92 Å². The third kappa shape index (κ3) is 2.62. The van der Waals surface area contributed by atoms with Crippen LogP contribution in [-0.2, 0) is 14.4 Å². The van der Waals surface area contributed by atoms with Gasteiger partial charge in [-0.15, -0.1) is 0 Å². The molecule has 1 aliphatic rings. The summed E-state index contributed by atoms with van der Waals surface area (Å²) in [5.74, 6) is 4.91. The van der Waals surface area contributed by atoms with E-state index < -0.39 is 0 Å². The molecule has 1 rings (SSSR count). The van der Waals surface area contributed by atoms with Crippen LogP contribution in [0.2, 0.25) is 0 Å². The van der Waals surface area contributed by atoms with E-state index in [1.165, 1.54) is 0 Å². The second kappa shape index (κ2) is 4.21. The van der Waals surface area contributed by atoms with E-state index in [1.54, 1.807) is 0 Å². The Labute approximate surface area is 71.0 Å². The van der Waals surface area contributed by atoms with Crippen LogP contribution in [0.25, 0.3) is 0 Å². The average molecular weight is 171 g/mol. The third-order valence-corrected chi connectivity index (χ3v) is 2.25. The number of nitrogens with two attached hydrogens (primary N) is 1. The van der Waals surface area contributed by atoms with Gasteiger partial charge in [-0.2, -0.15) is 5.90 Å². The number of carbonyl (C=O) groups is 2. The van der Waals surface area contributed by atoms with Crippen molar-refractivity contribution >= 4 is 11.8 Å². The zero-order valence-corrected chi connectivity index (χ0v) is 6.91. The highest BCUT2D eigenvalue weighted by Gasteiger charge is 2.21. The molecule has 4 heteroatoms. The number of carbonyl (C=O) groups excluding carboxylic acids is 2. The molecule has 0 aromatic heterocycles. The van der Waals surface area contributed by atoms with Crippen LogP contribution in [0.4, 0.5) is 0 Å². The van der Waals surface area contributed by atoms with E-state index in [9.17, 15) is 9.59 Å². The first-order valence-electron chi connectivity index (χ1n) is 4.13. The molecule has 0 bridgehead atoms. The molecular formula is C8H13NO3. The van der Waals surface area contributed by atoms with Crippen molar-refractivity contribution in [2.75, 3.05) is 0 Å². The van der Waals surface area contributed by atoms with E-state index >= 15 is 0 Å². The maximum atomic E-state index is 10.8. The monoisotopic (exact) mass is 171 g/mol. The van der Waals surface area contributed by atoms with Gasteiger partial charge in [0, 0.05) is 12.8 Å². The molecule has 0 heterocycles. The Hall–Kier alpha value is -0.900. The predicted molar refractivity (Wildman–Crippen MR) is 41.9 cm³/mol. The predicted octanol–water partition coefficient (Wildman–Crippen LogP) is 0.553. The van der Waals surface area contributed by atoms with Crippen LogP contribution in [0.5, 0.6) is 0 Å². The summed E-state index contributed by atoms with van der Waals surface area (Å²) >= 11 is 0.